The Bertz CT molecular complexity index is 1060. The molecular formula is C22H21F2N3O2S. The average Bonchev–Trinajstić information content (AvgIpc) is 3.17. The number of phenolic OH excluding ortho intramolecular Hbond substituents is 1. The lowest BCUT2D eigenvalue weighted by Gasteiger charge is -2.28. The first-order chi connectivity index (χ1) is 14.4. The van der Waals surface area contributed by atoms with Gasteiger partial charge >= 0.3 is 0 Å². The number of carbonyl (C=O) groups excluding carboxylic acids is 1. The van der Waals surface area contributed by atoms with Crippen LogP contribution in [0, 0.1) is 11.6 Å². The second-order valence-electron chi connectivity index (χ2n) is 7.62. The number of rotatable bonds is 5. The smallest absolute Gasteiger partial charge is 0.186 e. The van der Waals surface area contributed by atoms with Gasteiger partial charge in [-0.15, -0.1) is 11.3 Å². The summed E-state index contributed by atoms with van der Waals surface area (Å²) in [6.45, 7) is 0. The van der Waals surface area contributed by atoms with Crippen molar-refractivity contribution < 1.29 is 18.7 Å². The Hall–Kier alpha value is -2.71. The molecule has 30 heavy (non-hydrogen) atoms. The molecule has 0 spiro atoms. The molecule has 2 atom stereocenters. The molecule has 0 aliphatic heterocycles. The van der Waals surface area contributed by atoms with Gasteiger partial charge in [-0.2, -0.15) is 0 Å². The van der Waals surface area contributed by atoms with E-state index in [9.17, 15) is 18.7 Å². The van der Waals surface area contributed by atoms with E-state index in [0.29, 0.717) is 5.92 Å². The summed E-state index contributed by atoms with van der Waals surface area (Å²) in [5.74, 6) is -2.31. The molecule has 2 aromatic heterocycles. The number of halogens is 2. The first-order valence-corrected chi connectivity index (χ1v) is 10.7. The number of nitrogens with two attached hydrogens (primary N) is 1. The van der Waals surface area contributed by atoms with E-state index in [0.717, 1.165) is 60.3 Å². The van der Waals surface area contributed by atoms with Gasteiger partial charge in [-0.3, -0.25) is 9.78 Å². The molecule has 1 aliphatic rings. The van der Waals surface area contributed by atoms with Crippen LogP contribution >= 0.6 is 11.3 Å². The maximum atomic E-state index is 14.1. The third-order valence-corrected chi connectivity index (χ3v) is 6.34. The van der Waals surface area contributed by atoms with E-state index < -0.39 is 17.4 Å². The molecule has 1 aliphatic carbocycles. The summed E-state index contributed by atoms with van der Waals surface area (Å²) in [5.41, 5.74) is 7.84. The minimum atomic E-state index is -0.927. The van der Waals surface area contributed by atoms with Crippen molar-refractivity contribution in [3.05, 3.63) is 64.4 Å². The molecule has 0 saturated heterocycles. The van der Waals surface area contributed by atoms with Crippen LogP contribution in [-0.4, -0.2) is 26.9 Å². The Balaban J connectivity index is 1.57. The van der Waals surface area contributed by atoms with Crippen LogP contribution in [0.3, 0.4) is 0 Å². The third-order valence-electron chi connectivity index (χ3n) is 5.48. The summed E-state index contributed by atoms with van der Waals surface area (Å²) in [6, 6.07) is 3.74. The lowest BCUT2D eigenvalue weighted by atomic mass is 9.80. The van der Waals surface area contributed by atoms with Gasteiger partial charge in [0.2, 0.25) is 0 Å². The maximum Gasteiger partial charge on any atom is 0.186 e. The van der Waals surface area contributed by atoms with Crippen molar-refractivity contribution in [3.63, 3.8) is 0 Å². The highest BCUT2D eigenvalue weighted by molar-refractivity contribution is 7.13. The molecule has 8 heteroatoms. The quantitative estimate of drug-likeness (QED) is 0.579. The zero-order chi connectivity index (χ0) is 21.3. The van der Waals surface area contributed by atoms with Crippen molar-refractivity contribution in [2.75, 3.05) is 0 Å². The molecule has 156 valence electrons. The van der Waals surface area contributed by atoms with Crippen LogP contribution in [0.1, 0.15) is 53.2 Å². The van der Waals surface area contributed by atoms with Crippen LogP contribution in [-0.2, 0) is 6.42 Å². The number of aromatic hydroxyl groups is 1. The fourth-order valence-corrected chi connectivity index (χ4v) is 4.91. The minimum Gasteiger partial charge on any atom is -0.508 e. The Morgan fingerprint density at radius 2 is 2.03 bits per heavy atom. The topological polar surface area (TPSA) is 89.1 Å². The highest BCUT2D eigenvalue weighted by Gasteiger charge is 2.24. The monoisotopic (exact) mass is 429 g/mol. The Morgan fingerprint density at radius 3 is 2.77 bits per heavy atom. The molecule has 3 N–H and O–H groups in total. The number of Topliss-reactive ketones (excluding diaryl/α,β-unsaturated/α-hetero) is 1. The number of pyridine rings is 1. The van der Waals surface area contributed by atoms with Gasteiger partial charge in [0.05, 0.1) is 5.56 Å². The zero-order valence-electron chi connectivity index (χ0n) is 16.1. The Morgan fingerprint density at radius 1 is 1.27 bits per heavy atom. The predicted octanol–water partition coefficient (Wildman–Crippen LogP) is 4.60. The predicted molar refractivity (Wildman–Crippen MR) is 111 cm³/mol. The van der Waals surface area contributed by atoms with E-state index in [2.05, 4.69) is 9.97 Å². The van der Waals surface area contributed by atoms with Gasteiger partial charge < -0.3 is 10.8 Å². The fraction of sp³-hybridized carbons (Fsp3) is 0.318. The molecule has 1 aromatic carbocycles. The zero-order valence-corrected chi connectivity index (χ0v) is 17.0. The van der Waals surface area contributed by atoms with Crippen LogP contribution in [0.4, 0.5) is 8.78 Å². The molecule has 5 nitrogen and oxygen atoms in total. The standard InChI is InChI=1S/C22H21F2N3O2S/c23-17-8-15(28)9-18(24)21(17)22-27-19(11-30-22)20(29)7-13-10-26-5-4-16(13)12-2-1-3-14(25)6-12/h4-5,8-12,14,28H,1-3,6-7,25H2/t12-,14+/m1/s1. The van der Waals surface area contributed by atoms with E-state index >= 15 is 0 Å². The highest BCUT2D eigenvalue weighted by atomic mass is 32.1. The first-order valence-electron chi connectivity index (χ1n) is 9.78. The molecule has 0 radical (unpaired) electrons. The van der Waals surface area contributed by atoms with Crippen molar-refractivity contribution in [3.8, 4) is 16.3 Å². The van der Waals surface area contributed by atoms with Crippen LogP contribution in [0.15, 0.2) is 36.0 Å². The van der Waals surface area contributed by atoms with Crippen molar-refractivity contribution in [1.82, 2.24) is 9.97 Å². The van der Waals surface area contributed by atoms with Crippen molar-refractivity contribution >= 4 is 17.1 Å². The number of nitrogens with zero attached hydrogens (tertiary/aromatic N) is 2. The number of phenols is 1. The first kappa shape index (κ1) is 20.6. The summed E-state index contributed by atoms with van der Waals surface area (Å²) >= 11 is 0.983. The highest BCUT2D eigenvalue weighted by Crippen LogP contribution is 2.35. The maximum absolute atomic E-state index is 14.1. The normalized spacial score (nSPS) is 19.0. The largest absolute Gasteiger partial charge is 0.508 e. The molecule has 0 bridgehead atoms. The molecule has 1 fully saturated rings. The van der Waals surface area contributed by atoms with Crippen LogP contribution in [0.2, 0.25) is 0 Å². The second-order valence-corrected chi connectivity index (χ2v) is 8.48. The van der Waals surface area contributed by atoms with Gasteiger partial charge in [-0.25, -0.2) is 13.8 Å². The summed E-state index contributed by atoms with van der Waals surface area (Å²) in [5, 5.41) is 10.9. The summed E-state index contributed by atoms with van der Waals surface area (Å²) in [6.07, 6.45) is 7.51. The van der Waals surface area contributed by atoms with Gasteiger partial charge in [0, 0.05) is 42.4 Å². The molecule has 2 heterocycles. The molecule has 0 unspecified atom stereocenters. The van der Waals surface area contributed by atoms with Gasteiger partial charge in [-0.05, 0) is 42.4 Å². The second kappa shape index (κ2) is 8.57. The van der Waals surface area contributed by atoms with Gasteiger partial charge in [0.15, 0.2) is 5.78 Å². The number of hydrogen-bond donors (Lipinski definition) is 2. The van der Waals surface area contributed by atoms with Crippen molar-refractivity contribution in [1.29, 1.82) is 0 Å². The number of benzene rings is 1. The van der Waals surface area contributed by atoms with E-state index in [1.165, 1.54) is 5.38 Å². The van der Waals surface area contributed by atoms with Crippen molar-refractivity contribution in [2.24, 2.45) is 5.73 Å². The minimum absolute atomic E-state index is 0.0537. The molecule has 1 saturated carbocycles. The molecule has 3 aromatic rings. The number of ketones is 1. The summed E-state index contributed by atoms with van der Waals surface area (Å²) in [4.78, 5) is 21.2. The fourth-order valence-electron chi connectivity index (χ4n) is 4.04. The SMILES string of the molecule is N[C@H]1CCC[C@@H](c2ccncc2CC(=O)c2csc(-c3c(F)cc(O)cc3F)n2)C1. The number of aromatic nitrogens is 2. The number of hydrogen-bond acceptors (Lipinski definition) is 6. The van der Waals surface area contributed by atoms with Crippen LogP contribution in [0.25, 0.3) is 10.6 Å². The molecule has 0 amide bonds. The van der Waals surface area contributed by atoms with E-state index in [1.54, 1.807) is 12.4 Å². The van der Waals surface area contributed by atoms with Gasteiger partial charge in [-0.1, -0.05) is 6.42 Å². The van der Waals surface area contributed by atoms with E-state index in [4.69, 9.17) is 5.73 Å². The Labute approximate surface area is 176 Å². The average molecular weight is 429 g/mol. The number of thiazole rings is 1. The van der Waals surface area contributed by atoms with E-state index in [1.807, 2.05) is 6.07 Å². The molecular weight excluding hydrogens is 408 g/mol. The van der Waals surface area contributed by atoms with Gasteiger partial charge in [0.25, 0.3) is 0 Å². The third kappa shape index (κ3) is 4.24. The van der Waals surface area contributed by atoms with E-state index in [-0.39, 0.29) is 34.5 Å². The molecule has 4 rings (SSSR count). The lowest BCUT2D eigenvalue weighted by Crippen LogP contribution is -2.27. The van der Waals surface area contributed by atoms with Crippen molar-refractivity contribution in [2.45, 2.75) is 44.1 Å². The lowest BCUT2D eigenvalue weighted by molar-refractivity contribution is 0.0988. The summed E-state index contributed by atoms with van der Waals surface area (Å²) in [7, 11) is 0. The number of carbonyl (C=O) groups is 1. The van der Waals surface area contributed by atoms with Gasteiger partial charge in [0.1, 0.15) is 28.1 Å². The Kier molecular flexibility index (Phi) is 5.87. The van der Waals surface area contributed by atoms with Crippen LogP contribution in [0.5, 0.6) is 5.75 Å². The van der Waals surface area contributed by atoms with Crippen LogP contribution < -0.4 is 5.73 Å². The summed E-state index contributed by atoms with van der Waals surface area (Å²) < 4.78 is 28.2.